The van der Waals surface area contributed by atoms with E-state index >= 15 is 0 Å². The molecule has 0 unspecified atom stereocenters. The van der Waals surface area contributed by atoms with Crippen LogP contribution in [0.1, 0.15) is 20.3 Å². The SMILES string of the molecule is CCCN(N)C(C)=NC. The molecule has 54 valence electrons. The highest BCUT2D eigenvalue weighted by Gasteiger charge is 1.95. The second-order valence-electron chi connectivity index (χ2n) is 1.96. The summed E-state index contributed by atoms with van der Waals surface area (Å²) in [6.07, 6.45) is 1.06. The summed E-state index contributed by atoms with van der Waals surface area (Å²) >= 11 is 0. The van der Waals surface area contributed by atoms with Crippen LogP contribution in [0.5, 0.6) is 0 Å². The van der Waals surface area contributed by atoms with E-state index < -0.39 is 0 Å². The summed E-state index contributed by atoms with van der Waals surface area (Å²) in [5, 5.41) is 1.65. The lowest BCUT2D eigenvalue weighted by Crippen LogP contribution is -2.36. The molecule has 0 atom stereocenters. The van der Waals surface area contributed by atoms with Gasteiger partial charge in [-0.25, -0.2) is 5.84 Å². The largest absolute Gasteiger partial charge is 0.299 e. The Kier molecular flexibility index (Phi) is 4.05. The summed E-state index contributed by atoms with van der Waals surface area (Å²) in [7, 11) is 1.74. The Morgan fingerprint density at radius 1 is 1.67 bits per heavy atom. The molecule has 0 amide bonds. The van der Waals surface area contributed by atoms with E-state index in [1.54, 1.807) is 12.1 Å². The standard InChI is InChI=1S/C6H15N3/c1-4-5-9(7)6(2)8-3/h4-5,7H2,1-3H3. The van der Waals surface area contributed by atoms with Crippen molar-refractivity contribution in [1.82, 2.24) is 5.01 Å². The summed E-state index contributed by atoms with van der Waals surface area (Å²) in [6.45, 7) is 4.86. The second kappa shape index (κ2) is 4.32. The van der Waals surface area contributed by atoms with Gasteiger partial charge >= 0.3 is 0 Å². The first kappa shape index (κ1) is 8.43. The van der Waals surface area contributed by atoms with Gasteiger partial charge in [0, 0.05) is 13.6 Å². The Bertz CT molecular complexity index is 98.5. The van der Waals surface area contributed by atoms with Gasteiger partial charge in [0.2, 0.25) is 0 Å². The fourth-order valence-corrected chi connectivity index (χ4v) is 0.531. The minimum absolute atomic E-state index is 0.878. The first-order chi connectivity index (χ1) is 4.22. The number of amidine groups is 1. The van der Waals surface area contributed by atoms with Crippen LogP contribution in [-0.4, -0.2) is 24.4 Å². The van der Waals surface area contributed by atoms with Gasteiger partial charge in [-0.2, -0.15) is 0 Å². The Labute approximate surface area is 56.5 Å². The van der Waals surface area contributed by atoms with E-state index in [9.17, 15) is 0 Å². The van der Waals surface area contributed by atoms with Crippen molar-refractivity contribution in [2.24, 2.45) is 10.8 Å². The van der Waals surface area contributed by atoms with Gasteiger partial charge < -0.3 is 0 Å². The van der Waals surface area contributed by atoms with Gasteiger partial charge in [0.15, 0.2) is 0 Å². The first-order valence-corrected chi connectivity index (χ1v) is 3.18. The maximum Gasteiger partial charge on any atom is 0.109 e. The summed E-state index contributed by atoms with van der Waals surface area (Å²) in [5.41, 5.74) is 0. The van der Waals surface area contributed by atoms with Crippen LogP contribution in [0.15, 0.2) is 4.99 Å². The number of hydrogen-bond acceptors (Lipinski definition) is 2. The van der Waals surface area contributed by atoms with Crippen LogP contribution in [0.2, 0.25) is 0 Å². The average molecular weight is 129 g/mol. The third-order valence-corrected chi connectivity index (χ3v) is 1.20. The zero-order chi connectivity index (χ0) is 7.28. The van der Waals surface area contributed by atoms with Crippen LogP contribution < -0.4 is 5.84 Å². The molecule has 0 fully saturated rings. The third kappa shape index (κ3) is 3.08. The molecule has 0 aliphatic rings. The molecule has 0 aliphatic heterocycles. The number of rotatable bonds is 2. The van der Waals surface area contributed by atoms with Crippen LogP contribution in [0.3, 0.4) is 0 Å². The lowest BCUT2D eigenvalue weighted by Gasteiger charge is -2.15. The molecule has 0 aromatic carbocycles. The smallest absolute Gasteiger partial charge is 0.109 e. The molecule has 3 nitrogen and oxygen atoms in total. The number of nitrogens with two attached hydrogens (primary N) is 1. The van der Waals surface area contributed by atoms with Crippen LogP contribution in [0.4, 0.5) is 0 Å². The predicted molar refractivity (Wildman–Crippen MR) is 40.2 cm³/mol. The van der Waals surface area contributed by atoms with Crippen molar-refractivity contribution in [1.29, 1.82) is 0 Å². The molecule has 0 aromatic heterocycles. The minimum atomic E-state index is 0.878. The van der Waals surface area contributed by atoms with E-state index in [1.165, 1.54) is 0 Å². The van der Waals surface area contributed by atoms with Crippen molar-refractivity contribution in [3.63, 3.8) is 0 Å². The van der Waals surface area contributed by atoms with E-state index in [0.29, 0.717) is 0 Å². The van der Waals surface area contributed by atoms with Crippen LogP contribution >= 0.6 is 0 Å². The fourth-order valence-electron chi connectivity index (χ4n) is 0.531. The van der Waals surface area contributed by atoms with E-state index in [-0.39, 0.29) is 0 Å². The van der Waals surface area contributed by atoms with E-state index in [0.717, 1.165) is 18.8 Å². The number of hydrogen-bond donors (Lipinski definition) is 1. The maximum absolute atomic E-state index is 5.54. The van der Waals surface area contributed by atoms with Crippen molar-refractivity contribution < 1.29 is 0 Å². The molecule has 0 saturated heterocycles. The van der Waals surface area contributed by atoms with Crippen molar-refractivity contribution >= 4 is 5.84 Å². The van der Waals surface area contributed by atoms with E-state index in [4.69, 9.17) is 5.84 Å². The van der Waals surface area contributed by atoms with Gasteiger partial charge in [0.25, 0.3) is 0 Å². The summed E-state index contributed by atoms with van der Waals surface area (Å²) in [4.78, 5) is 3.92. The Hall–Kier alpha value is -0.570. The number of aliphatic imine (C=N–C) groups is 1. The summed E-state index contributed by atoms with van der Waals surface area (Å²) in [6, 6.07) is 0. The number of hydrazine groups is 1. The Balaban J connectivity index is 3.59. The molecule has 0 spiro atoms. The molecule has 0 aromatic rings. The summed E-state index contributed by atoms with van der Waals surface area (Å²) < 4.78 is 0. The van der Waals surface area contributed by atoms with Crippen molar-refractivity contribution in [3.8, 4) is 0 Å². The van der Waals surface area contributed by atoms with Gasteiger partial charge in [-0.1, -0.05) is 6.92 Å². The van der Waals surface area contributed by atoms with Crippen molar-refractivity contribution in [2.45, 2.75) is 20.3 Å². The highest BCUT2D eigenvalue weighted by atomic mass is 15.4. The van der Waals surface area contributed by atoms with Gasteiger partial charge in [0.05, 0.1) is 0 Å². The normalized spacial score (nSPS) is 11.8. The molecule has 0 bridgehead atoms. The van der Waals surface area contributed by atoms with Crippen molar-refractivity contribution in [2.75, 3.05) is 13.6 Å². The highest BCUT2D eigenvalue weighted by Crippen LogP contribution is 1.84. The topological polar surface area (TPSA) is 41.6 Å². The zero-order valence-corrected chi connectivity index (χ0v) is 6.39. The zero-order valence-electron chi connectivity index (χ0n) is 6.39. The molecule has 0 rings (SSSR count). The van der Waals surface area contributed by atoms with Gasteiger partial charge in [-0.15, -0.1) is 0 Å². The lowest BCUT2D eigenvalue weighted by atomic mass is 10.4. The molecule has 0 aliphatic carbocycles. The highest BCUT2D eigenvalue weighted by molar-refractivity contribution is 5.78. The third-order valence-electron chi connectivity index (χ3n) is 1.20. The quantitative estimate of drug-likeness (QED) is 0.257. The van der Waals surface area contributed by atoms with Gasteiger partial charge in [-0.05, 0) is 13.3 Å². The first-order valence-electron chi connectivity index (χ1n) is 3.18. The molecule has 0 heterocycles. The van der Waals surface area contributed by atoms with Crippen LogP contribution in [0.25, 0.3) is 0 Å². The van der Waals surface area contributed by atoms with E-state index in [2.05, 4.69) is 11.9 Å². The molecular formula is C6H15N3. The second-order valence-corrected chi connectivity index (χ2v) is 1.96. The minimum Gasteiger partial charge on any atom is -0.299 e. The van der Waals surface area contributed by atoms with Crippen LogP contribution in [0, 0.1) is 0 Å². The molecule has 9 heavy (non-hydrogen) atoms. The molecule has 2 N–H and O–H groups in total. The monoisotopic (exact) mass is 129 g/mol. The number of nitrogens with zero attached hydrogens (tertiary/aromatic N) is 2. The van der Waals surface area contributed by atoms with Crippen LogP contribution in [-0.2, 0) is 0 Å². The van der Waals surface area contributed by atoms with E-state index in [1.807, 2.05) is 6.92 Å². The van der Waals surface area contributed by atoms with Gasteiger partial charge in [-0.3, -0.25) is 10.0 Å². The average Bonchev–Trinajstić information content (AvgIpc) is 1.87. The lowest BCUT2D eigenvalue weighted by molar-refractivity contribution is 0.435. The van der Waals surface area contributed by atoms with Gasteiger partial charge in [0.1, 0.15) is 5.84 Å². The predicted octanol–water partition coefficient (Wildman–Crippen LogP) is 0.620. The molecule has 0 radical (unpaired) electrons. The fraction of sp³-hybridized carbons (Fsp3) is 0.833. The van der Waals surface area contributed by atoms with Crippen molar-refractivity contribution in [3.05, 3.63) is 0 Å². The Morgan fingerprint density at radius 2 is 2.22 bits per heavy atom. The Morgan fingerprint density at radius 3 is 2.56 bits per heavy atom. The summed E-state index contributed by atoms with van der Waals surface area (Å²) in [5.74, 6) is 6.43. The molecule has 0 saturated carbocycles. The molecule has 3 heteroatoms. The maximum atomic E-state index is 5.54. The molecular weight excluding hydrogens is 114 g/mol.